The third-order valence-corrected chi connectivity index (χ3v) is 9.30. The SMILES string of the molecule is Cc1ccc(O)c(NC(=O)c2cc(-c3ccc(F)cc3)on2)c1.Cc1ccc(O)c(NC(=O)c2cc(-c3ccc(O)cc3)on2)c1.Cc1ccc(O)c(NC(=O)c2cc(C(C)C)on2)c1. The van der Waals surface area contributed by atoms with Crippen molar-refractivity contribution in [2.24, 2.45) is 0 Å². The molecule has 5 aromatic carbocycles. The number of carbonyl (C=O) groups is 3. The Labute approximate surface area is 370 Å². The van der Waals surface area contributed by atoms with Gasteiger partial charge in [0.15, 0.2) is 28.6 Å². The van der Waals surface area contributed by atoms with E-state index >= 15 is 0 Å². The summed E-state index contributed by atoms with van der Waals surface area (Å²) < 4.78 is 28.2. The second-order valence-corrected chi connectivity index (χ2v) is 14.9. The molecule has 0 saturated carbocycles. The van der Waals surface area contributed by atoms with Gasteiger partial charge in [-0.1, -0.05) is 47.5 Å². The van der Waals surface area contributed by atoms with Crippen LogP contribution in [0.15, 0.2) is 135 Å². The van der Waals surface area contributed by atoms with Crippen LogP contribution in [0, 0.1) is 26.6 Å². The maximum absolute atomic E-state index is 12.9. The van der Waals surface area contributed by atoms with Crippen LogP contribution in [-0.4, -0.2) is 53.6 Å². The van der Waals surface area contributed by atoms with Gasteiger partial charge < -0.3 is 49.9 Å². The molecule has 0 aliphatic rings. The summed E-state index contributed by atoms with van der Waals surface area (Å²) in [5.74, 6) is -0.0854. The minimum absolute atomic E-state index is 0.0199. The number of nitrogens with one attached hydrogen (secondary N) is 3. The lowest BCUT2D eigenvalue weighted by molar-refractivity contribution is 0.101. The summed E-state index contributed by atoms with van der Waals surface area (Å²) in [6, 6.07) is 31.3. The van der Waals surface area contributed by atoms with E-state index in [2.05, 4.69) is 31.4 Å². The van der Waals surface area contributed by atoms with E-state index in [-0.39, 0.29) is 51.8 Å². The normalized spacial score (nSPS) is 10.6. The molecular formula is C48H43FN6O10. The molecule has 332 valence electrons. The zero-order valence-corrected chi connectivity index (χ0v) is 35.6. The molecule has 0 aliphatic carbocycles. The Balaban J connectivity index is 0.000000163. The third kappa shape index (κ3) is 12.2. The molecule has 8 aromatic rings. The summed E-state index contributed by atoms with van der Waals surface area (Å²) in [4.78, 5) is 36.3. The number of benzene rings is 5. The maximum Gasteiger partial charge on any atom is 0.277 e. The molecule has 8 rings (SSSR count). The summed E-state index contributed by atoms with van der Waals surface area (Å²) in [6.45, 7) is 9.48. The van der Waals surface area contributed by atoms with Crippen LogP contribution in [0.5, 0.6) is 23.0 Å². The first-order chi connectivity index (χ1) is 31.0. The van der Waals surface area contributed by atoms with Gasteiger partial charge >= 0.3 is 0 Å². The van der Waals surface area contributed by atoms with Crippen molar-refractivity contribution in [2.45, 2.75) is 40.5 Å². The number of hydrogen-bond acceptors (Lipinski definition) is 13. The molecule has 3 amide bonds. The van der Waals surface area contributed by atoms with Gasteiger partial charge in [0.05, 0.1) is 17.1 Å². The first kappa shape index (κ1) is 45.8. The van der Waals surface area contributed by atoms with Gasteiger partial charge in [0, 0.05) is 35.2 Å². The predicted octanol–water partition coefficient (Wildman–Crippen LogP) is 10.1. The summed E-state index contributed by atoms with van der Waals surface area (Å²) in [5.41, 5.74) is 5.35. The van der Waals surface area contributed by atoms with Crippen LogP contribution in [0.1, 0.15) is 73.7 Å². The van der Waals surface area contributed by atoms with Gasteiger partial charge in [-0.2, -0.15) is 0 Å². The zero-order chi connectivity index (χ0) is 46.8. The Morgan fingerprint density at radius 3 is 1.22 bits per heavy atom. The number of amides is 3. The first-order valence-electron chi connectivity index (χ1n) is 19.8. The smallest absolute Gasteiger partial charge is 0.277 e. The average Bonchev–Trinajstić information content (AvgIpc) is 4.09. The fourth-order valence-corrected chi connectivity index (χ4v) is 5.75. The van der Waals surface area contributed by atoms with Gasteiger partial charge in [0.2, 0.25) is 0 Å². The monoisotopic (exact) mass is 882 g/mol. The van der Waals surface area contributed by atoms with Crippen molar-refractivity contribution in [3.63, 3.8) is 0 Å². The lowest BCUT2D eigenvalue weighted by Crippen LogP contribution is -2.12. The fourth-order valence-electron chi connectivity index (χ4n) is 5.75. The number of halogens is 1. The van der Waals surface area contributed by atoms with Crippen LogP contribution < -0.4 is 16.0 Å². The largest absolute Gasteiger partial charge is 0.508 e. The Morgan fingerprint density at radius 2 is 0.846 bits per heavy atom. The summed E-state index contributed by atoms with van der Waals surface area (Å²) in [5, 5.41) is 57.4. The van der Waals surface area contributed by atoms with Crippen molar-refractivity contribution in [2.75, 3.05) is 16.0 Å². The van der Waals surface area contributed by atoms with E-state index < -0.39 is 17.7 Å². The number of rotatable bonds is 9. The molecule has 17 heteroatoms. The van der Waals surface area contributed by atoms with Gasteiger partial charge in [0.25, 0.3) is 17.7 Å². The topological polar surface area (TPSA) is 246 Å². The molecule has 3 aromatic heterocycles. The molecule has 16 nitrogen and oxygen atoms in total. The van der Waals surface area contributed by atoms with Crippen molar-refractivity contribution in [3.8, 4) is 45.6 Å². The van der Waals surface area contributed by atoms with Gasteiger partial charge in [-0.25, -0.2) is 4.39 Å². The minimum atomic E-state index is -0.511. The van der Waals surface area contributed by atoms with Gasteiger partial charge in [-0.3, -0.25) is 14.4 Å². The molecule has 7 N–H and O–H groups in total. The fraction of sp³-hybridized carbons (Fsp3) is 0.125. The minimum Gasteiger partial charge on any atom is -0.508 e. The predicted molar refractivity (Wildman–Crippen MR) is 238 cm³/mol. The molecule has 0 bridgehead atoms. The standard InChI is InChI=1S/C17H13FN2O3.C17H14N2O4.C14H16N2O3/c1-10-2-7-15(21)13(8-10)19-17(22)14-9-16(23-20-14)11-3-5-12(18)6-4-11;1-10-2-7-15(21)13(8-10)18-17(22)14-9-16(23-19-14)11-3-5-12(20)6-4-11;1-8(2)13-7-11(16-19-13)14(18)15-10-6-9(3)4-5-12(10)17/h2-9,21H,1H3,(H,19,22);2-9,20-21H,1H3,(H,18,22);4-8,17H,1-3H3,(H,15,18). The van der Waals surface area contributed by atoms with E-state index in [4.69, 9.17) is 13.6 Å². The molecule has 3 heterocycles. The number of aromatic nitrogens is 3. The summed E-state index contributed by atoms with van der Waals surface area (Å²) >= 11 is 0. The summed E-state index contributed by atoms with van der Waals surface area (Å²) in [7, 11) is 0. The van der Waals surface area contributed by atoms with Gasteiger partial charge in [0.1, 0.15) is 34.6 Å². The van der Waals surface area contributed by atoms with Crippen molar-refractivity contribution < 1.29 is 52.8 Å². The maximum atomic E-state index is 12.9. The molecule has 0 atom stereocenters. The molecule has 65 heavy (non-hydrogen) atoms. The number of anilines is 3. The number of hydrogen-bond donors (Lipinski definition) is 7. The highest BCUT2D eigenvalue weighted by Gasteiger charge is 2.18. The highest BCUT2D eigenvalue weighted by atomic mass is 19.1. The van der Waals surface area contributed by atoms with Gasteiger partial charge in [-0.05, 0) is 122 Å². The first-order valence-corrected chi connectivity index (χ1v) is 19.8. The second kappa shape index (κ2) is 20.4. The Bertz CT molecular complexity index is 2790. The van der Waals surface area contributed by atoms with E-state index in [1.54, 1.807) is 54.6 Å². The molecule has 0 unspecified atom stereocenters. The lowest BCUT2D eigenvalue weighted by Gasteiger charge is -2.06. The van der Waals surface area contributed by atoms with Crippen molar-refractivity contribution in [1.82, 2.24) is 15.5 Å². The highest BCUT2D eigenvalue weighted by molar-refractivity contribution is 6.05. The average molecular weight is 883 g/mol. The van der Waals surface area contributed by atoms with E-state index in [9.17, 15) is 39.2 Å². The third-order valence-electron chi connectivity index (χ3n) is 9.30. The van der Waals surface area contributed by atoms with Crippen LogP contribution >= 0.6 is 0 Å². The van der Waals surface area contributed by atoms with E-state index in [1.807, 2.05) is 34.6 Å². The molecule has 0 fully saturated rings. The van der Waals surface area contributed by atoms with Crippen LogP contribution in [0.3, 0.4) is 0 Å². The number of carbonyl (C=O) groups excluding carboxylic acids is 3. The van der Waals surface area contributed by atoms with Crippen LogP contribution in [-0.2, 0) is 0 Å². The van der Waals surface area contributed by atoms with E-state index in [0.717, 1.165) is 16.7 Å². The zero-order valence-electron chi connectivity index (χ0n) is 35.6. The number of phenolic OH excluding ortho intramolecular Hbond substituents is 4. The number of aromatic hydroxyl groups is 4. The van der Waals surface area contributed by atoms with Crippen molar-refractivity contribution >= 4 is 34.8 Å². The van der Waals surface area contributed by atoms with Crippen LogP contribution in [0.4, 0.5) is 21.5 Å². The lowest BCUT2D eigenvalue weighted by atomic mass is 10.1. The van der Waals surface area contributed by atoms with Crippen LogP contribution in [0.25, 0.3) is 22.6 Å². The van der Waals surface area contributed by atoms with Crippen LogP contribution in [0.2, 0.25) is 0 Å². The molecular weight excluding hydrogens is 840 g/mol. The number of nitrogens with zero attached hydrogens (tertiary/aromatic N) is 3. The Hall–Kier alpha value is -8.73. The Kier molecular flexibility index (Phi) is 14.4. The van der Waals surface area contributed by atoms with E-state index in [1.165, 1.54) is 66.7 Å². The highest BCUT2D eigenvalue weighted by Crippen LogP contribution is 2.29. The van der Waals surface area contributed by atoms with Crippen molar-refractivity contribution in [1.29, 1.82) is 0 Å². The van der Waals surface area contributed by atoms with E-state index in [0.29, 0.717) is 45.5 Å². The molecule has 0 saturated heterocycles. The summed E-state index contributed by atoms with van der Waals surface area (Å²) in [6.07, 6.45) is 0. The quantitative estimate of drug-likeness (QED) is 0.0668. The Morgan fingerprint density at radius 1 is 0.492 bits per heavy atom. The second-order valence-electron chi connectivity index (χ2n) is 14.9. The molecule has 0 radical (unpaired) electrons. The van der Waals surface area contributed by atoms with Gasteiger partial charge in [-0.15, -0.1) is 0 Å². The number of phenols is 4. The molecule has 0 spiro atoms. The van der Waals surface area contributed by atoms with Crippen molar-refractivity contribution in [3.05, 3.63) is 167 Å². The number of aryl methyl sites for hydroxylation is 3. The molecule has 0 aliphatic heterocycles.